The Kier molecular flexibility index (Phi) is 4.39. The molecule has 0 aliphatic carbocycles. The molecule has 0 amide bonds. The van der Waals surface area contributed by atoms with Crippen LogP contribution in [0.3, 0.4) is 0 Å². The Labute approximate surface area is 104 Å². The van der Waals surface area contributed by atoms with Gasteiger partial charge in [-0.05, 0) is 35.6 Å². The zero-order valence-electron chi connectivity index (χ0n) is 10.9. The minimum absolute atomic E-state index is 0.275. The topological polar surface area (TPSA) is 61.8 Å². The molecule has 1 aromatic rings. The van der Waals surface area contributed by atoms with Crippen LogP contribution >= 0.6 is 0 Å². The van der Waals surface area contributed by atoms with Crippen molar-refractivity contribution in [2.75, 3.05) is 17.6 Å². The van der Waals surface area contributed by atoms with Gasteiger partial charge in [0, 0.05) is 17.9 Å². The van der Waals surface area contributed by atoms with Crippen molar-refractivity contribution in [2.45, 2.75) is 33.6 Å². The number of hydrogen-bond acceptors (Lipinski definition) is 3. The van der Waals surface area contributed by atoms with Gasteiger partial charge in [-0.25, -0.2) is 0 Å². The van der Waals surface area contributed by atoms with Crippen molar-refractivity contribution in [3.05, 3.63) is 23.8 Å². The third-order valence-electron chi connectivity index (χ3n) is 3.14. The van der Waals surface area contributed by atoms with Crippen molar-refractivity contribution in [3.63, 3.8) is 0 Å². The fourth-order valence-corrected chi connectivity index (χ4v) is 1.42. The summed E-state index contributed by atoms with van der Waals surface area (Å²) in [5.41, 5.74) is 8.69. The number of nitrogens with zero attached hydrogens (tertiary/aromatic N) is 1. The first kappa shape index (κ1) is 13.4. The first-order valence-corrected chi connectivity index (χ1v) is 5.98. The Morgan fingerprint density at radius 1 is 1.41 bits per heavy atom. The monoisotopic (exact) mass is 231 g/mol. The molecule has 0 saturated heterocycles. The van der Waals surface area contributed by atoms with Crippen LogP contribution in [0, 0.1) is 16.7 Å². The number of nitriles is 1. The summed E-state index contributed by atoms with van der Waals surface area (Å²) in [5.74, 6) is 0. The SMILES string of the molecule is CCC(C)(C)CNc1ccc(N)c(CC#N)c1. The second-order valence-corrected chi connectivity index (χ2v) is 5.12. The van der Waals surface area contributed by atoms with Crippen LogP contribution < -0.4 is 11.1 Å². The minimum Gasteiger partial charge on any atom is -0.398 e. The summed E-state index contributed by atoms with van der Waals surface area (Å²) in [6, 6.07) is 7.91. The van der Waals surface area contributed by atoms with Gasteiger partial charge in [0.05, 0.1) is 12.5 Å². The lowest BCUT2D eigenvalue weighted by Gasteiger charge is -2.23. The maximum absolute atomic E-state index is 8.71. The summed E-state index contributed by atoms with van der Waals surface area (Å²) in [6.07, 6.45) is 1.48. The van der Waals surface area contributed by atoms with Gasteiger partial charge < -0.3 is 11.1 Å². The van der Waals surface area contributed by atoms with Crippen molar-refractivity contribution in [2.24, 2.45) is 5.41 Å². The van der Waals surface area contributed by atoms with Gasteiger partial charge in [0.25, 0.3) is 0 Å². The van der Waals surface area contributed by atoms with Crippen LogP contribution in [0.15, 0.2) is 18.2 Å². The van der Waals surface area contributed by atoms with E-state index in [-0.39, 0.29) is 5.41 Å². The fraction of sp³-hybridized carbons (Fsp3) is 0.500. The second kappa shape index (κ2) is 5.58. The van der Waals surface area contributed by atoms with E-state index < -0.39 is 0 Å². The van der Waals surface area contributed by atoms with Gasteiger partial charge in [-0.3, -0.25) is 0 Å². The third-order valence-corrected chi connectivity index (χ3v) is 3.14. The van der Waals surface area contributed by atoms with E-state index in [2.05, 4.69) is 32.2 Å². The molecule has 1 rings (SSSR count). The second-order valence-electron chi connectivity index (χ2n) is 5.12. The summed E-state index contributed by atoms with van der Waals surface area (Å²) < 4.78 is 0. The van der Waals surface area contributed by atoms with Gasteiger partial charge in [-0.15, -0.1) is 0 Å². The molecule has 0 saturated carbocycles. The molecule has 0 aliphatic heterocycles. The zero-order valence-corrected chi connectivity index (χ0v) is 10.9. The summed E-state index contributed by atoms with van der Waals surface area (Å²) in [4.78, 5) is 0. The molecule has 0 aliphatic rings. The molecule has 0 radical (unpaired) electrons. The van der Waals surface area contributed by atoms with Gasteiger partial charge in [-0.2, -0.15) is 5.26 Å². The highest BCUT2D eigenvalue weighted by Gasteiger charge is 2.14. The average molecular weight is 231 g/mol. The maximum Gasteiger partial charge on any atom is 0.0670 e. The first-order valence-electron chi connectivity index (χ1n) is 5.98. The molecule has 0 fully saturated rings. The smallest absolute Gasteiger partial charge is 0.0670 e. The standard InChI is InChI=1S/C14H21N3/c1-4-14(2,3)10-17-12-5-6-13(16)11(9-12)7-8-15/h5-6,9,17H,4,7,10,16H2,1-3H3. The van der Waals surface area contributed by atoms with Crippen LogP contribution in [-0.4, -0.2) is 6.54 Å². The molecule has 3 nitrogen and oxygen atoms in total. The number of rotatable bonds is 5. The normalized spacial score (nSPS) is 10.9. The maximum atomic E-state index is 8.71. The molecule has 0 heterocycles. The van der Waals surface area contributed by atoms with Crippen LogP contribution in [0.2, 0.25) is 0 Å². The average Bonchev–Trinajstić information content (AvgIpc) is 2.31. The van der Waals surface area contributed by atoms with E-state index in [0.29, 0.717) is 12.1 Å². The molecule has 1 aromatic carbocycles. The van der Waals surface area contributed by atoms with Crippen molar-refractivity contribution in [3.8, 4) is 6.07 Å². The molecular formula is C14H21N3. The fourth-order valence-electron chi connectivity index (χ4n) is 1.42. The Hall–Kier alpha value is -1.69. The largest absolute Gasteiger partial charge is 0.398 e. The number of nitrogens with one attached hydrogen (secondary N) is 1. The van der Waals surface area contributed by atoms with Crippen LogP contribution in [0.1, 0.15) is 32.8 Å². The van der Waals surface area contributed by atoms with E-state index in [4.69, 9.17) is 11.0 Å². The van der Waals surface area contributed by atoms with E-state index in [1.165, 1.54) is 0 Å². The van der Waals surface area contributed by atoms with Gasteiger partial charge in [0.2, 0.25) is 0 Å². The Balaban J connectivity index is 2.73. The lowest BCUT2D eigenvalue weighted by Crippen LogP contribution is -2.22. The lowest BCUT2D eigenvalue weighted by molar-refractivity contribution is 0.377. The van der Waals surface area contributed by atoms with E-state index >= 15 is 0 Å². The van der Waals surface area contributed by atoms with Gasteiger partial charge in [0.1, 0.15) is 0 Å². The van der Waals surface area contributed by atoms with E-state index in [1.807, 2.05) is 18.2 Å². The van der Waals surface area contributed by atoms with Crippen molar-refractivity contribution < 1.29 is 0 Å². The van der Waals surface area contributed by atoms with Crippen molar-refractivity contribution >= 4 is 11.4 Å². The number of hydrogen-bond donors (Lipinski definition) is 2. The molecule has 3 N–H and O–H groups in total. The number of benzene rings is 1. The quantitative estimate of drug-likeness (QED) is 0.765. The lowest BCUT2D eigenvalue weighted by atomic mass is 9.90. The molecule has 0 aromatic heterocycles. The molecule has 92 valence electrons. The molecule has 0 atom stereocenters. The first-order chi connectivity index (χ1) is 7.98. The predicted octanol–water partition coefficient (Wildman–Crippen LogP) is 3.18. The predicted molar refractivity (Wildman–Crippen MR) is 72.7 cm³/mol. The van der Waals surface area contributed by atoms with E-state index in [1.54, 1.807) is 0 Å². The molecular weight excluding hydrogens is 210 g/mol. The highest BCUT2D eigenvalue weighted by Crippen LogP contribution is 2.22. The van der Waals surface area contributed by atoms with Crippen molar-refractivity contribution in [1.82, 2.24) is 0 Å². The minimum atomic E-state index is 0.275. The Morgan fingerprint density at radius 2 is 2.12 bits per heavy atom. The molecule has 17 heavy (non-hydrogen) atoms. The van der Waals surface area contributed by atoms with Gasteiger partial charge in [0.15, 0.2) is 0 Å². The highest BCUT2D eigenvalue weighted by molar-refractivity contribution is 5.58. The van der Waals surface area contributed by atoms with Crippen LogP contribution in [0.4, 0.5) is 11.4 Å². The van der Waals surface area contributed by atoms with Crippen LogP contribution in [-0.2, 0) is 6.42 Å². The van der Waals surface area contributed by atoms with Gasteiger partial charge in [-0.1, -0.05) is 20.8 Å². The van der Waals surface area contributed by atoms with Crippen molar-refractivity contribution in [1.29, 1.82) is 5.26 Å². The number of nitrogens with two attached hydrogens (primary N) is 1. The Bertz CT molecular complexity index is 416. The zero-order chi connectivity index (χ0) is 12.9. The summed E-state index contributed by atoms with van der Waals surface area (Å²) in [7, 11) is 0. The molecule has 0 bridgehead atoms. The number of anilines is 2. The molecule has 0 spiro atoms. The summed E-state index contributed by atoms with van der Waals surface area (Å²) >= 11 is 0. The molecule has 3 heteroatoms. The van der Waals surface area contributed by atoms with E-state index in [9.17, 15) is 0 Å². The number of nitrogen functional groups attached to an aromatic ring is 1. The van der Waals surface area contributed by atoms with Crippen LogP contribution in [0.5, 0.6) is 0 Å². The van der Waals surface area contributed by atoms with Gasteiger partial charge >= 0.3 is 0 Å². The summed E-state index contributed by atoms with van der Waals surface area (Å²) in [6.45, 7) is 7.56. The molecule has 0 unspecified atom stereocenters. The highest BCUT2D eigenvalue weighted by atomic mass is 14.9. The third kappa shape index (κ3) is 3.99. The van der Waals surface area contributed by atoms with E-state index in [0.717, 1.165) is 24.2 Å². The Morgan fingerprint density at radius 3 is 2.71 bits per heavy atom. The van der Waals surface area contributed by atoms with Crippen LogP contribution in [0.25, 0.3) is 0 Å². The summed E-state index contributed by atoms with van der Waals surface area (Å²) in [5, 5.41) is 12.1.